The summed E-state index contributed by atoms with van der Waals surface area (Å²) in [7, 11) is -3.77. The van der Waals surface area contributed by atoms with Gasteiger partial charge in [0.05, 0.1) is 17.1 Å². The highest BCUT2D eigenvalue weighted by Gasteiger charge is 2.18. The van der Waals surface area contributed by atoms with Crippen LogP contribution < -0.4 is 10.0 Å². The van der Waals surface area contributed by atoms with Crippen molar-refractivity contribution in [3.05, 3.63) is 82.2 Å². The van der Waals surface area contributed by atoms with Crippen LogP contribution in [-0.4, -0.2) is 29.3 Å². The van der Waals surface area contributed by atoms with Gasteiger partial charge in [-0.1, -0.05) is 24.3 Å². The minimum absolute atomic E-state index is 0.0423. The molecule has 0 aliphatic rings. The monoisotopic (exact) mass is 453 g/mol. The van der Waals surface area contributed by atoms with Gasteiger partial charge in [0, 0.05) is 35.4 Å². The molecule has 0 saturated heterocycles. The lowest BCUT2D eigenvalue weighted by Gasteiger charge is -2.09. The largest absolute Gasteiger partial charge is 0.346 e. The Morgan fingerprint density at radius 1 is 1.00 bits per heavy atom. The van der Waals surface area contributed by atoms with Crippen LogP contribution in [0.4, 0.5) is 0 Å². The number of nitrogens with one attached hydrogen (secondary N) is 2. The van der Waals surface area contributed by atoms with Crippen LogP contribution in [0, 0.1) is 6.92 Å². The van der Waals surface area contributed by atoms with Crippen LogP contribution in [0.1, 0.15) is 25.9 Å². The molecule has 3 heterocycles. The number of sulfonamides is 1. The summed E-state index contributed by atoms with van der Waals surface area (Å²) in [4.78, 5) is 25.8. The maximum atomic E-state index is 12.8. The molecule has 4 rings (SSSR count). The first-order chi connectivity index (χ1) is 14.9. The van der Waals surface area contributed by atoms with Crippen LogP contribution in [0.5, 0.6) is 0 Å². The summed E-state index contributed by atoms with van der Waals surface area (Å²) in [5, 5.41) is 4.48. The molecule has 10 heteroatoms. The number of hydrogen-bond donors (Lipinski definition) is 2. The minimum Gasteiger partial charge on any atom is -0.346 e. The Morgan fingerprint density at radius 3 is 2.58 bits per heavy atom. The van der Waals surface area contributed by atoms with Crippen molar-refractivity contribution in [2.24, 2.45) is 0 Å². The number of benzene rings is 1. The van der Waals surface area contributed by atoms with Crippen molar-refractivity contribution in [1.82, 2.24) is 25.0 Å². The summed E-state index contributed by atoms with van der Waals surface area (Å²) >= 11 is 1.52. The van der Waals surface area contributed by atoms with E-state index in [2.05, 4.69) is 25.0 Å². The van der Waals surface area contributed by atoms with Crippen LogP contribution >= 0.6 is 11.3 Å². The van der Waals surface area contributed by atoms with E-state index in [-0.39, 0.29) is 23.0 Å². The lowest BCUT2D eigenvalue weighted by atomic mass is 10.2. The van der Waals surface area contributed by atoms with Gasteiger partial charge >= 0.3 is 0 Å². The van der Waals surface area contributed by atoms with Crippen LogP contribution in [0.2, 0.25) is 0 Å². The third-order valence-electron chi connectivity index (χ3n) is 4.50. The number of fused-ring (bicyclic) bond motifs is 1. The van der Waals surface area contributed by atoms with E-state index < -0.39 is 10.0 Å². The highest BCUT2D eigenvalue weighted by Crippen LogP contribution is 2.20. The number of aryl methyl sites for hydroxylation is 1. The van der Waals surface area contributed by atoms with E-state index in [4.69, 9.17) is 0 Å². The molecule has 4 aromatic rings. The molecular weight excluding hydrogens is 434 g/mol. The fraction of sp³-hybridized carbons (Fsp3) is 0.143. The number of para-hydroxylation sites is 1. The molecule has 0 bridgehead atoms. The number of hydrogen-bond acceptors (Lipinski definition) is 7. The van der Waals surface area contributed by atoms with Crippen LogP contribution in [-0.2, 0) is 23.1 Å². The SMILES string of the molecule is Cc1ncc(CNC(=O)c2ccc(CNS(=O)(=O)c3cccc4cccnc34)cn2)s1. The lowest BCUT2D eigenvalue weighted by molar-refractivity contribution is 0.0946. The Balaban J connectivity index is 1.40. The molecule has 2 N–H and O–H groups in total. The Hall–Kier alpha value is -3.21. The predicted molar refractivity (Wildman–Crippen MR) is 118 cm³/mol. The molecule has 0 radical (unpaired) electrons. The Labute approximate surface area is 183 Å². The van der Waals surface area contributed by atoms with Gasteiger partial charge in [0.2, 0.25) is 10.0 Å². The summed E-state index contributed by atoms with van der Waals surface area (Å²) in [5.74, 6) is -0.306. The summed E-state index contributed by atoms with van der Waals surface area (Å²) in [5.41, 5.74) is 1.30. The van der Waals surface area contributed by atoms with Crippen molar-refractivity contribution >= 4 is 38.2 Å². The molecule has 0 fully saturated rings. The van der Waals surface area contributed by atoms with Crippen LogP contribution in [0.3, 0.4) is 0 Å². The number of nitrogens with zero attached hydrogens (tertiary/aromatic N) is 3. The summed E-state index contributed by atoms with van der Waals surface area (Å²) in [6.45, 7) is 2.33. The molecule has 1 amide bonds. The maximum Gasteiger partial charge on any atom is 0.270 e. The van der Waals surface area contributed by atoms with Crippen molar-refractivity contribution in [2.75, 3.05) is 0 Å². The van der Waals surface area contributed by atoms with Crippen LogP contribution in [0.15, 0.2) is 66.0 Å². The van der Waals surface area contributed by atoms with Gasteiger partial charge in [-0.2, -0.15) is 0 Å². The van der Waals surface area contributed by atoms with E-state index in [1.165, 1.54) is 23.6 Å². The van der Waals surface area contributed by atoms with E-state index in [1.807, 2.05) is 19.1 Å². The van der Waals surface area contributed by atoms with Crippen molar-refractivity contribution in [3.8, 4) is 0 Å². The fourth-order valence-electron chi connectivity index (χ4n) is 2.96. The van der Waals surface area contributed by atoms with Gasteiger partial charge in [0.25, 0.3) is 5.91 Å². The fourth-order valence-corrected chi connectivity index (χ4v) is 4.89. The standard InChI is InChI=1S/C21H19N5O3S2/c1-14-23-12-17(30-14)13-25-21(27)18-8-7-15(10-24-18)11-26-31(28,29)19-6-2-4-16-5-3-9-22-20(16)19/h2-10,12,26H,11,13H2,1H3,(H,25,27). The van der Waals surface area contributed by atoms with E-state index in [0.29, 0.717) is 17.6 Å². The average molecular weight is 454 g/mol. The van der Waals surface area contributed by atoms with Crippen LogP contribution in [0.25, 0.3) is 10.9 Å². The zero-order valence-electron chi connectivity index (χ0n) is 16.6. The lowest BCUT2D eigenvalue weighted by Crippen LogP contribution is -2.25. The average Bonchev–Trinajstić information content (AvgIpc) is 3.21. The topological polar surface area (TPSA) is 114 Å². The highest BCUT2D eigenvalue weighted by atomic mass is 32.2. The van der Waals surface area contributed by atoms with Crippen molar-refractivity contribution in [2.45, 2.75) is 24.9 Å². The zero-order chi connectivity index (χ0) is 21.8. The van der Waals surface area contributed by atoms with Crippen molar-refractivity contribution in [3.63, 3.8) is 0 Å². The summed E-state index contributed by atoms with van der Waals surface area (Å²) in [6.07, 6.45) is 4.77. The first kappa shape index (κ1) is 21.0. The number of pyridine rings is 2. The van der Waals surface area contributed by atoms with E-state index in [0.717, 1.165) is 15.3 Å². The number of carbonyl (C=O) groups excluding carboxylic acids is 1. The third kappa shape index (κ3) is 4.93. The van der Waals surface area contributed by atoms with Gasteiger partial charge in [-0.3, -0.25) is 14.8 Å². The van der Waals surface area contributed by atoms with E-state index >= 15 is 0 Å². The molecule has 1 aromatic carbocycles. The minimum atomic E-state index is -3.77. The normalized spacial score (nSPS) is 11.5. The van der Waals surface area contributed by atoms with E-state index in [9.17, 15) is 13.2 Å². The quantitative estimate of drug-likeness (QED) is 0.445. The number of amides is 1. The molecule has 0 atom stereocenters. The molecule has 31 heavy (non-hydrogen) atoms. The number of thiazole rings is 1. The number of carbonyl (C=O) groups is 1. The molecule has 8 nitrogen and oxygen atoms in total. The number of rotatable bonds is 7. The Bertz CT molecular complexity index is 1330. The highest BCUT2D eigenvalue weighted by molar-refractivity contribution is 7.89. The zero-order valence-corrected chi connectivity index (χ0v) is 18.2. The molecule has 0 aliphatic carbocycles. The first-order valence-electron chi connectivity index (χ1n) is 9.40. The van der Waals surface area contributed by atoms with Gasteiger partial charge in [0.1, 0.15) is 10.6 Å². The molecule has 0 spiro atoms. The predicted octanol–water partition coefficient (Wildman–Crippen LogP) is 2.80. The molecule has 0 unspecified atom stereocenters. The second kappa shape index (κ2) is 8.88. The Kier molecular flexibility index (Phi) is 6.03. The van der Waals surface area contributed by atoms with Crippen molar-refractivity contribution < 1.29 is 13.2 Å². The molecular formula is C21H19N5O3S2. The Morgan fingerprint density at radius 2 is 1.84 bits per heavy atom. The second-order valence-electron chi connectivity index (χ2n) is 6.74. The summed E-state index contributed by atoms with van der Waals surface area (Å²) in [6, 6.07) is 11.8. The van der Waals surface area contributed by atoms with Gasteiger partial charge in [-0.05, 0) is 30.7 Å². The smallest absolute Gasteiger partial charge is 0.270 e. The van der Waals surface area contributed by atoms with Gasteiger partial charge < -0.3 is 5.32 Å². The van der Waals surface area contributed by atoms with Gasteiger partial charge in [-0.15, -0.1) is 11.3 Å². The van der Waals surface area contributed by atoms with Crippen molar-refractivity contribution in [1.29, 1.82) is 0 Å². The second-order valence-corrected chi connectivity index (χ2v) is 9.79. The molecule has 3 aromatic heterocycles. The van der Waals surface area contributed by atoms with Gasteiger partial charge in [-0.25, -0.2) is 18.1 Å². The molecule has 158 valence electrons. The third-order valence-corrected chi connectivity index (χ3v) is 6.85. The van der Waals surface area contributed by atoms with E-state index in [1.54, 1.807) is 36.7 Å². The molecule has 0 saturated carbocycles. The summed E-state index contributed by atoms with van der Waals surface area (Å²) < 4.78 is 28.1. The molecule has 0 aliphatic heterocycles. The maximum absolute atomic E-state index is 12.8. The number of aromatic nitrogens is 3. The van der Waals surface area contributed by atoms with Gasteiger partial charge in [0.15, 0.2) is 0 Å². The first-order valence-corrected chi connectivity index (χ1v) is 11.7.